The number of rotatable bonds is 8. The maximum absolute atomic E-state index is 12.5. The lowest BCUT2D eigenvalue weighted by Crippen LogP contribution is -2.32. The molecule has 0 radical (unpaired) electrons. The predicted molar refractivity (Wildman–Crippen MR) is 107 cm³/mol. The van der Waals surface area contributed by atoms with Gasteiger partial charge in [-0.05, 0) is 62.7 Å². The van der Waals surface area contributed by atoms with Gasteiger partial charge in [0.2, 0.25) is 10.0 Å². The van der Waals surface area contributed by atoms with Crippen molar-refractivity contribution in [3.63, 3.8) is 0 Å². The minimum atomic E-state index is -3.70. The molecule has 2 aromatic rings. The minimum absolute atomic E-state index is 0.0260. The van der Waals surface area contributed by atoms with Crippen LogP contribution in [0.1, 0.15) is 47.9 Å². The second-order valence-electron chi connectivity index (χ2n) is 6.21. The summed E-state index contributed by atoms with van der Waals surface area (Å²) in [5.41, 5.74) is 1.06. The highest BCUT2D eigenvalue weighted by molar-refractivity contribution is 7.89. The lowest BCUT2D eigenvalue weighted by molar-refractivity contribution is 0.0526. The zero-order valence-corrected chi connectivity index (χ0v) is 16.9. The number of benzene rings is 2. The van der Waals surface area contributed by atoms with Crippen LogP contribution < -0.4 is 10.0 Å². The van der Waals surface area contributed by atoms with Crippen molar-refractivity contribution < 1.29 is 22.7 Å². The Bertz CT molecular complexity index is 939. The molecule has 0 aliphatic carbocycles. The SMILES string of the molecule is CCOC(=O)c1ccc(NC(=O)c2cccc(S(=O)(=O)N[C@H](C)CC)c2)cc1. The number of carbonyl (C=O) groups is 2. The van der Waals surface area contributed by atoms with Crippen LogP contribution in [-0.2, 0) is 14.8 Å². The normalized spacial score (nSPS) is 12.2. The zero-order chi connectivity index (χ0) is 20.7. The van der Waals surface area contributed by atoms with Crippen LogP contribution in [0.3, 0.4) is 0 Å². The van der Waals surface area contributed by atoms with Crippen molar-refractivity contribution in [2.75, 3.05) is 11.9 Å². The Morgan fingerprint density at radius 1 is 1.04 bits per heavy atom. The van der Waals surface area contributed by atoms with Crippen LogP contribution in [0.25, 0.3) is 0 Å². The van der Waals surface area contributed by atoms with Crippen LogP contribution in [-0.4, -0.2) is 32.9 Å². The van der Waals surface area contributed by atoms with E-state index in [0.717, 1.165) is 0 Å². The molecule has 0 heterocycles. The molecule has 28 heavy (non-hydrogen) atoms. The molecular formula is C20H24N2O5S. The number of amides is 1. The van der Waals surface area contributed by atoms with Gasteiger partial charge in [-0.1, -0.05) is 13.0 Å². The highest BCUT2D eigenvalue weighted by Crippen LogP contribution is 2.16. The minimum Gasteiger partial charge on any atom is -0.462 e. The smallest absolute Gasteiger partial charge is 0.338 e. The van der Waals surface area contributed by atoms with E-state index in [1.54, 1.807) is 38.1 Å². The molecule has 2 N–H and O–H groups in total. The van der Waals surface area contributed by atoms with Crippen LogP contribution in [0.15, 0.2) is 53.4 Å². The van der Waals surface area contributed by atoms with E-state index in [1.807, 2.05) is 6.92 Å². The molecule has 0 aliphatic rings. The topological polar surface area (TPSA) is 102 Å². The third kappa shape index (κ3) is 5.64. The fourth-order valence-electron chi connectivity index (χ4n) is 2.33. The summed E-state index contributed by atoms with van der Waals surface area (Å²) < 4.78 is 32.3. The van der Waals surface area contributed by atoms with Gasteiger partial charge in [-0.15, -0.1) is 0 Å². The standard InChI is InChI=1S/C20H24N2O5S/c1-4-14(3)22-28(25,26)18-8-6-7-16(13-18)19(23)21-17-11-9-15(10-12-17)20(24)27-5-2/h6-14,22H,4-5H2,1-3H3,(H,21,23)/t14-/m1/s1. The molecule has 7 nitrogen and oxygen atoms in total. The third-order valence-corrected chi connectivity index (χ3v) is 5.62. The van der Waals surface area contributed by atoms with Gasteiger partial charge in [0.15, 0.2) is 0 Å². The Morgan fingerprint density at radius 2 is 1.71 bits per heavy atom. The van der Waals surface area contributed by atoms with Crippen LogP contribution in [0, 0.1) is 0 Å². The average molecular weight is 404 g/mol. The van der Waals surface area contributed by atoms with Gasteiger partial charge in [0.05, 0.1) is 17.1 Å². The first-order chi connectivity index (χ1) is 13.3. The number of hydrogen-bond acceptors (Lipinski definition) is 5. The summed E-state index contributed by atoms with van der Waals surface area (Å²) in [5.74, 6) is -0.892. The summed E-state index contributed by atoms with van der Waals surface area (Å²) in [6.45, 7) is 5.65. The van der Waals surface area contributed by atoms with E-state index in [4.69, 9.17) is 4.74 Å². The number of ether oxygens (including phenoxy) is 1. The quantitative estimate of drug-likeness (QED) is 0.658. The monoisotopic (exact) mass is 404 g/mol. The highest BCUT2D eigenvalue weighted by atomic mass is 32.2. The summed E-state index contributed by atoms with van der Waals surface area (Å²) in [6.07, 6.45) is 0.654. The molecule has 0 unspecified atom stereocenters. The molecule has 0 aromatic heterocycles. The second-order valence-corrected chi connectivity index (χ2v) is 7.92. The predicted octanol–water partition coefficient (Wildman–Crippen LogP) is 3.19. The average Bonchev–Trinajstić information content (AvgIpc) is 2.68. The van der Waals surface area contributed by atoms with Crippen molar-refractivity contribution >= 4 is 27.6 Å². The van der Waals surface area contributed by atoms with Gasteiger partial charge >= 0.3 is 5.97 Å². The van der Waals surface area contributed by atoms with E-state index in [0.29, 0.717) is 17.7 Å². The fraction of sp³-hybridized carbons (Fsp3) is 0.300. The molecule has 0 saturated carbocycles. The largest absolute Gasteiger partial charge is 0.462 e. The molecule has 2 aromatic carbocycles. The number of nitrogens with one attached hydrogen (secondary N) is 2. The molecule has 0 bridgehead atoms. The van der Waals surface area contributed by atoms with E-state index in [9.17, 15) is 18.0 Å². The van der Waals surface area contributed by atoms with Crippen molar-refractivity contribution in [3.05, 3.63) is 59.7 Å². The second kappa shape index (κ2) is 9.48. The van der Waals surface area contributed by atoms with Gasteiger partial charge in [0.1, 0.15) is 0 Å². The number of sulfonamides is 1. The van der Waals surface area contributed by atoms with Gasteiger partial charge in [0, 0.05) is 17.3 Å². The third-order valence-electron chi connectivity index (χ3n) is 4.03. The van der Waals surface area contributed by atoms with Gasteiger partial charge in [-0.25, -0.2) is 17.9 Å². The Labute approximate surface area is 165 Å². The highest BCUT2D eigenvalue weighted by Gasteiger charge is 2.18. The summed E-state index contributed by atoms with van der Waals surface area (Å²) in [5, 5.41) is 2.68. The molecule has 2 rings (SSSR count). The molecule has 0 spiro atoms. The van der Waals surface area contributed by atoms with Gasteiger partial charge in [0.25, 0.3) is 5.91 Å². The van der Waals surface area contributed by atoms with Crippen molar-refractivity contribution in [2.24, 2.45) is 0 Å². The van der Waals surface area contributed by atoms with Crippen LogP contribution in [0.4, 0.5) is 5.69 Å². The molecule has 150 valence electrons. The van der Waals surface area contributed by atoms with Crippen LogP contribution in [0.2, 0.25) is 0 Å². The molecule has 1 amide bonds. The summed E-state index contributed by atoms with van der Waals surface area (Å²) in [4.78, 5) is 24.2. The summed E-state index contributed by atoms with van der Waals surface area (Å²) in [7, 11) is -3.70. The van der Waals surface area contributed by atoms with Crippen molar-refractivity contribution in [2.45, 2.75) is 38.1 Å². The molecule has 0 saturated heterocycles. The number of hydrogen-bond donors (Lipinski definition) is 2. The Balaban J connectivity index is 2.14. The van der Waals surface area contributed by atoms with Gasteiger partial charge in [-0.2, -0.15) is 0 Å². The van der Waals surface area contributed by atoms with Crippen molar-refractivity contribution in [3.8, 4) is 0 Å². The lowest BCUT2D eigenvalue weighted by atomic mass is 10.2. The van der Waals surface area contributed by atoms with E-state index < -0.39 is 21.9 Å². The molecule has 8 heteroatoms. The Kier molecular flexibility index (Phi) is 7.31. The first-order valence-corrected chi connectivity index (χ1v) is 10.5. The molecule has 0 fully saturated rings. The van der Waals surface area contributed by atoms with E-state index in [1.165, 1.54) is 24.3 Å². The van der Waals surface area contributed by atoms with Crippen LogP contribution >= 0.6 is 0 Å². The molecular weight excluding hydrogens is 380 g/mol. The fourth-order valence-corrected chi connectivity index (χ4v) is 3.70. The summed E-state index contributed by atoms with van der Waals surface area (Å²) in [6, 6.07) is 11.9. The number of carbonyl (C=O) groups excluding carboxylic acids is 2. The summed E-state index contributed by atoms with van der Waals surface area (Å²) >= 11 is 0. The van der Waals surface area contributed by atoms with E-state index in [2.05, 4.69) is 10.0 Å². The maximum Gasteiger partial charge on any atom is 0.338 e. The molecule has 0 aliphatic heterocycles. The van der Waals surface area contributed by atoms with Gasteiger partial charge in [-0.3, -0.25) is 4.79 Å². The van der Waals surface area contributed by atoms with Crippen LogP contribution in [0.5, 0.6) is 0 Å². The zero-order valence-electron chi connectivity index (χ0n) is 16.1. The number of anilines is 1. The van der Waals surface area contributed by atoms with E-state index >= 15 is 0 Å². The molecule has 1 atom stereocenters. The van der Waals surface area contributed by atoms with Crippen molar-refractivity contribution in [1.82, 2.24) is 4.72 Å². The van der Waals surface area contributed by atoms with Gasteiger partial charge < -0.3 is 10.1 Å². The lowest BCUT2D eigenvalue weighted by Gasteiger charge is -2.13. The Hall–Kier alpha value is -2.71. The van der Waals surface area contributed by atoms with E-state index in [-0.39, 0.29) is 23.1 Å². The number of esters is 1. The Morgan fingerprint density at radius 3 is 2.32 bits per heavy atom. The van der Waals surface area contributed by atoms with Crippen molar-refractivity contribution in [1.29, 1.82) is 0 Å². The first-order valence-electron chi connectivity index (χ1n) is 8.97. The maximum atomic E-state index is 12.5. The first kappa shape index (κ1) is 21.6.